The van der Waals surface area contributed by atoms with E-state index in [0.717, 1.165) is 23.5 Å². The van der Waals surface area contributed by atoms with Crippen molar-refractivity contribution in [3.05, 3.63) is 46.5 Å². The molecule has 98 valence electrons. The summed E-state index contributed by atoms with van der Waals surface area (Å²) in [6, 6.07) is 2.50. The fraction of sp³-hybridized carbons (Fsp3) is 0.0833. The zero-order valence-electron chi connectivity index (χ0n) is 9.74. The van der Waals surface area contributed by atoms with Gasteiger partial charge in [0, 0.05) is 18.6 Å². The molecule has 0 atom stereocenters. The lowest BCUT2D eigenvalue weighted by molar-refractivity contribution is 0.101. The van der Waals surface area contributed by atoms with Crippen LogP contribution in [0.15, 0.2) is 24.4 Å². The molecule has 2 aromatic rings. The zero-order chi connectivity index (χ0) is 14.0. The molecule has 0 aliphatic rings. The third-order valence-electron chi connectivity index (χ3n) is 2.20. The molecule has 1 aromatic heterocycles. The van der Waals surface area contributed by atoms with E-state index >= 15 is 0 Å². The Morgan fingerprint density at radius 1 is 1.21 bits per heavy atom. The Balaban J connectivity index is 2.18. The largest absolute Gasteiger partial charge is 0.298 e. The molecular formula is C12H8F2N2O2S. The number of rotatable bonds is 3. The maximum Gasteiger partial charge on any atom is 0.257 e. The van der Waals surface area contributed by atoms with Gasteiger partial charge in [-0.1, -0.05) is 11.3 Å². The highest BCUT2D eigenvalue weighted by molar-refractivity contribution is 7.17. The summed E-state index contributed by atoms with van der Waals surface area (Å²) >= 11 is 0.992. The molecule has 0 saturated heterocycles. The normalized spacial score (nSPS) is 10.3. The molecule has 0 bridgehead atoms. The maximum absolute atomic E-state index is 13.0. The summed E-state index contributed by atoms with van der Waals surface area (Å²) < 4.78 is 25.9. The Kier molecular flexibility index (Phi) is 3.66. The summed E-state index contributed by atoms with van der Waals surface area (Å²) in [6.07, 6.45) is 1.33. The van der Waals surface area contributed by atoms with Gasteiger partial charge in [-0.3, -0.25) is 14.9 Å². The number of hydrogen-bond donors (Lipinski definition) is 1. The number of amides is 1. The van der Waals surface area contributed by atoms with E-state index in [9.17, 15) is 18.4 Å². The van der Waals surface area contributed by atoms with E-state index in [4.69, 9.17) is 0 Å². The molecule has 0 saturated carbocycles. The molecule has 0 unspecified atom stereocenters. The van der Waals surface area contributed by atoms with Crippen LogP contribution in [-0.4, -0.2) is 16.7 Å². The molecule has 1 heterocycles. The summed E-state index contributed by atoms with van der Waals surface area (Å²) in [7, 11) is 0. The van der Waals surface area contributed by atoms with Gasteiger partial charge in [-0.25, -0.2) is 13.8 Å². The minimum absolute atomic E-state index is 0.155. The lowest BCUT2D eigenvalue weighted by atomic mass is 10.2. The number of aromatic nitrogens is 1. The number of nitrogens with one attached hydrogen (secondary N) is 1. The second-order valence-corrected chi connectivity index (χ2v) is 4.73. The van der Waals surface area contributed by atoms with Crippen LogP contribution in [0.1, 0.15) is 27.0 Å². The van der Waals surface area contributed by atoms with Gasteiger partial charge in [-0.05, 0) is 12.1 Å². The van der Waals surface area contributed by atoms with Gasteiger partial charge < -0.3 is 0 Å². The van der Waals surface area contributed by atoms with E-state index in [-0.39, 0.29) is 16.5 Å². The fourth-order valence-corrected chi connectivity index (χ4v) is 2.06. The first-order valence-corrected chi connectivity index (χ1v) is 6.01. The minimum atomic E-state index is -0.839. The van der Waals surface area contributed by atoms with Crippen LogP contribution in [0.5, 0.6) is 0 Å². The van der Waals surface area contributed by atoms with E-state index in [0.29, 0.717) is 10.9 Å². The summed E-state index contributed by atoms with van der Waals surface area (Å²) in [4.78, 5) is 27.0. The number of anilines is 1. The molecule has 0 radical (unpaired) electrons. The van der Waals surface area contributed by atoms with Crippen LogP contribution < -0.4 is 5.32 Å². The van der Waals surface area contributed by atoms with E-state index < -0.39 is 17.5 Å². The summed E-state index contributed by atoms with van der Waals surface area (Å²) in [5.74, 6) is -2.54. The SMILES string of the molecule is CC(=O)c1cnc(NC(=O)c2cc(F)cc(F)c2)s1. The molecule has 1 N–H and O–H groups in total. The van der Waals surface area contributed by atoms with Gasteiger partial charge in [0.2, 0.25) is 0 Å². The molecule has 1 amide bonds. The Bertz CT molecular complexity index is 635. The van der Waals surface area contributed by atoms with Gasteiger partial charge in [-0.15, -0.1) is 0 Å². The molecule has 2 rings (SSSR count). The van der Waals surface area contributed by atoms with Crippen LogP contribution in [-0.2, 0) is 0 Å². The number of carbonyl (C=O) groups is 2. The van der Waals surface area contributed by atoms with Crippen molar-refractivity contribution in [2.75, 3.05) is 5.32 Å². The topological polar surface area (TPSA) is 59.1 Å². The maximum atomic E-state index is 13.0. The highest BCUT2D eigenvalue weighted by Gasteiger charge is 2.12. The van der Waals surface area contributed by atoms with Crippen molar-refractivity contribution < 1.29 is 18.4 Å². The van der Waals surface area contributed by atoms with E-state index in [1.54, 1.807) is 0 Å². The van der Waals surface area contributed by atoms with Crippen LogP contribution in [0.4, 0.5) is 13.9 Å². The van der Waals surface area contributed by atoms with Gasteiger partial charge in [0.15, 0.2) is 10.9 Å². The van der Waals surface area contributed by atoms with Crippen molar-refractivity contribution in [2.24, 2.45) is 0 Å². The second-order valence-electron chi connectivity index (χ2n) is 3.70. The van der Waals surface area contributed by atoms with Gasteiger partial charge in [0.25, 0.3) is 5.91 Å². The van der Waals surface area contributed by atoms with Gasteiger partial charge in [0.1, 0.15) is 11.6 Å². The average Bonchev–Trinajstić information content (AvgIpc) is 2.76. The predicted octanol–water partition coefficient (Wildman–Crippen LogP) is 2.88. The monoisotopic (exact) mass is 282 g/mol. The summed E-state index contributed by atoms with van der Waals surface area (Å²) in [5.41, 5.74) is -0.155. The quantitative estimate of drug-likeness (QED) is 0.881. The van der Waals surface area contributed by atoms with E-state index in [1.807, 2.05) is 0 Å². The van der Waals surface area contributed by atoms with Gasteiger partial charge >= 0.3 is 0 Å². The van der Waals surface area contributed by atoms with Crippen LogP contribution in [0.2, 0.25) is 0 Å². The summed E-state index contributed by atoms with van der Waals surface area (Å²) in [6.45, 7) is 1.38. The van der Waals surface area contributed by atoms with Crippen LogP contribution >= 0.6 is 11.3 Å². The second kappa shape index (κ2) is 5.23. The Hall–Kier alpha value is -2.15. The number of thiazole rings is 1. The third-order valence-corrected chi connectivity index (χ3v) is 3.21. The first kappa shape index (κ1) is 13.3. The van der Waals surface area contributed by atoms with Crippen molar-refractivity contribution in [3.63, 3.8) is 0 Å². The Labute approximate surface area is 111 Å². The molecule has 4 nitrogen and oxygen atoms in total. The molecule has 0 fully saturated rings. The smallest absolute Gasteiger partial charge is 0.257 e. The molecule has 7 heteroatoms. The van der Waals surface area contributed by atoms with Crippen molar-refractivity contribution in [2.45, 2.75) is 6.92 Å². The van der Waals surface area contributed by atoms with Crippen LogP contribution in [0.25, 0.3) is 0 Å². The predicted molar refractivity (Wildman–Crippen MR) is 66.4 cm³/mol. The average molecular weight is 282 g/mol. The minimum Gasteiger partial charge on any atom is -0.298 e. The fourth-order valence-electron chi connectivity index (χ4n) is 1.35. The van der Waals surface area contributed by atoms with Crippen molar-refractivity contribution in [3.8, 4) is 0 Å². The summed E-state index contributed by atoms with van der Waals surface area (Å²) in [5, 5.41) is 2.57. The number of halogens is 2. The number of ketones is 1. The highest BCUT2D eigenvalue weighted by Crippen LogP contribution is 2.19. The van der Waals surface area contributed by atoms with E-state index in [1.165, 1.54) is 13.1 Å². The first-order chi connectivity index (χ1) is 8.95. The number of hydrogen-bond acceptors (Lipinski definition) is 4. The van der Waals surface area contributed by atoms with Gasteiger partial charge in [0.05, 0.1) is 11.1 Å². The van der Waals surface area contributed by atoms with Crippen molar-refractivity contribution in [1.82, 2.24) is 4.98 Å². The van der Waals surface area contributed by atoms with Gasteiger partial charge in [-0.2, -0.15) is 0 Å². The Morgan fingerprint density at radius 2 is 1.84 bits per heavy atom. The van der Waals surface area contributed by atoms with E-state index in [2.05, 4.69) is 10.3 Å². The molecular weight excluding hydrogens is 274 g/mol. The zero-order valence-corrected chi connectivity index (χ0v) is 10.6. The lowest BCUT2D eigenvalue weighted by Crippen LogP contribution is -2.12. The lowest BCUT2D eigenvalue weighted by Gasteiger charge is -2.02. The number of carbonyl (C=O) groups excluding carboxylic acids is 2. The Morgan fingerprint density at radius 3 is 2.37 bits per heavy atom. The number of benzene rings is 1. The molecule has 0 aliphatic heterocycles. The molecule has 0 aliphatic carbocycles. The number of Topliss-reactive ketones (excluding diaryl/α,β-unsaturated/α-hetero) is 1. The third kappa shape index (κ3) is 3.19. The molecule has 19 heavy (non-hydrogen) atoms. The van der Waals surface area contributed by atoms with Crippen LogP contribution in [0.3, 0.4) is 0 Å². The van der Waals surface area contributed by atoms with Crippen molar-refractivity contribution in [1.29, 1.82) is 0 Å². The highest BCUT2D eigenvalue weighted by atomic mass is 32.1. The molecule has 1 aromatic carbocycles. The first-order valence-electron chi connectivity index (χ1n) is 5.20. The molecule has 0 spiro atoms. The van der Waals surface area contributed by atoms with Crippen LogP contribution in [0, 0.1) is 11.6 Å². The van der Waals surface area contributed by atoms with Crippen molar-refractivity contribution >= 4 is 28.2 Å². The number of nitrogens with zero attached hydrogens (tertiary/aromatic N) is 1. The standard InChI is InChI=1S/C12H8F2N2O2S/c1-6(17)10-5-15-12(19-10)16-11(18)7-2-8(13)4-9(14)3-7/h2-5H,1H3,(H,15,16,18).